The van der Waals surface area contributed by atoms with Crippen LogP contribution in [0.2, 0.25) is 36.3 Å². The number of hydrogen-bond donors (Lipinski definition) is 0. The Balaban J connectivity index is 1.55. The zero-order valence-corrected chi connectivity index (χ0v) is 29.2. The Bertz CT molecular complexity index is 1350. The monoisotopic (exact) mass is 588 g/mol. The second-order valence-electron chi connectivity index (χ2n) is 15.5. The SMILES string of the molecule is CC(C)(C)[Si](C)(C)O[C@H]1CN(c2ccnc3c4ccc(c23)CCc2ccc(cc2)CC4)C[C@@H]1O[Si](C)(C)C(C)(C)C. The van der Waals surface area contributed by atoms with Crippen LogP contribution < -0.4 is 4.90 Å². The van der Waals surface area contributed by atoms with Crippen LogP contribution in [0.1, 0.15) is 63.8 Å². The van der Waals surface area contributed by atoms with Crippen molar-refractivity contribution in [2.45, 2.75) is 116 Å². The molecule has 4 bridgehead atoms. The third-order valence-corrected chi connectivity index (χ3v) is 19.5. The summed E-state index contributed by atoms with van der Waals surface area (Å²) in [7, 11) is -3.99. The van der Waals surface area contributed by atoms with Crippen molar-refractivity contribution in [1.29, 1.82) is 0 Å². The van der Waals surface area contributed by atoms with Crippen LogP contribution in [0.15, 0.2) is 48.7 Å². The van der Waals surface area contributed by atoms with E-state index in [0.29, 0.717) is 0 Å². The summed E-state index contributed by atoms with van der Waals surface area (Å²) in [6, 6.07) is 16.2. The normalized spacial score (nSPS) is 20.5. The van der Waals surface area contributed by atoms with Gasteiger partial charge in [-0.25, -0.2) is 0 Å². The number of aromatic nitrogens is 1. The molecule has 222 valence electrons. The standard InChI is InChI=1S/C35H52N2O2Si2/c1-34(2,3)40(7,8)38-30-23-37(24-31(30)39-41(9,10)35(4,5)6)29-21-22-36-33-28-18-16-26-13-11-25(12-14-26)15-17-27(19-20-28)32(29)33/h11-14,19-22,30-31H,15-18,23-24H2,1-10H3/t30-,31-/m0/s1. The van der Waals surface area contributed by atoms with E-state index in [2.05, 4.69) is 115 Å². The third kappa shape index (κ3) is 6.22. The van der Waals surface area contributed by atoms with Crippen LogP contribution in [0.25, 0.3) is 10.9 Å². The van der Waals surface area contributed by atoms with Gasteiger partial charge in [0.15, 0.2) is 16.6 Å². The molecule has 2 atom stereocenters. The Morgan fingerprint density at radius 1 is 0.659 bits per heavy atom. The molecule has 4 aliphatic carbocycles. The van der Waals surface area contributed by atoms with Crippen LogP contribution in [0, 0.1) is 0 Å². The number of nitrogens with zero attached hydrogens (tertiary/aromatic N) is 2. The number of rotatable bonds is 5. The van der Waals surface area contributed by atoms with Gasteiger partial charge in [-0.1, -0.05) is 77.9 Å². The van der Waals surface area contributed by atoms with Crippen molar-refractivity contribution in [3.63, 3.8) is 0 Å². The summed E-state index contributed by atoms with van der Waals surface area (Å²) in [6.45, 7) is 25.2. The lowest BCUT2D eigenvalue weighted by Gasteiger charge is -2.42. The number of pyridine rings is 1. The number of hydrogen-bond acceptors (Lipinski definition) is 4. The van der Waals surface area contributed by atoms with Crippen LogP contribution in [0.3, 0.4) is 0 Å². The Morgan fingerprint density at radius 2 is 1.12 bits per heavy atom. The molecule has 0 N–H and O–H groups in total. The fourth-order valence-corrected chi connectivity index (χ4v) is 8.43. The molecule has 1 aromatic heterocycles. The first-order valence-corrected chi connectivity index (χ1v) is 21.5. The molecule has 4 nitrogen and oxygen atoms in total. The van der Waals surface area contributed by atoms with Gasteiger partial charge in [0.2, 0.25) is 0 Å². The van der Waals surface area contributed by atoms with E-state index in [9.17, 15) is 0 Å². The first-order valence-electron chi connectivity index (χ1n) is 15.6. The van der Waals surface area contributed by atoms with Crippen molar-refractivity contribution >= 4 is 33.2 Å². The van der Waals surface area contributed by atoms with Gasteiger partial charge in [-0.05, 0) is 90.3 Å². The van der Waals surface area contributed by atoms with E-state index in [1.807, 2.05) is 6.20 Å². The van der Waals surface area contributed by atoms with Crippen molar-refractivity contribution in [3.8, 4) is 0 Å². The molecular weight excluding hydrogens is 537 g/mol. The van der Waals surface area contributed by atoms with Gasteiger partial charge in [-0.15, -0.1) is 0 Å². The fourth-order valence-electron chi connectivity index (χ4n) is 5.76. The summed E-state index contributed by atoms with van der Waals surface area (Å²) in [5.74, 6) is 0. The zero-order valence-electron chi connectivity index (χ0n) is 27.2. The molecule has 0 saturated carbocycles. The predicted molar refractivity (Wildman–Crippen MR) is 179 cm³/mol. The van der Waals surface area contributed by atoms with Gasteiger partial charge in [-0.3, -0.25) is 4.98 Å². The van der Waals surface area contributed by atoms with Gasteiger partial charge in [0.05, 0.1) is 17.7 Å². The second-order valence-corrected chi connectivity index (χ2v) is 25.0. The molecule has 0 unspecified atom stereocenters. The van der Waals surface area contributed by atoms with Gasteiger partial charge in [0.25, 0.3) is 0 Å². The van der Waals surface area contributed by atoms with Crippen molar-refractivity contribution in [1.82, 2.24) is 4.98 Å². The molecule has 8 rings (SSSR count). The summed E-state index contributed by atoms with van der Waals surface area (Å²) in [5.41, 5.74) is 8.01. The summed E-state index contributed by atoms with van der Waals surface area (Å²) in [4.78, 5) is 7.57. The molecule has 1 aliphatic heterocycles. The lowest BCUT2D eigenvalue weighted by atomic mass is 9.92. The van der Waals surface area contributed by atoms with E-state index in [-0.39, 0.29) is 22.3 Å². The van der Waals surface area contributed by atoms with Crippen molar-refractivity contribution in [3.05, 3.63) is 70.9 Å². The molecular formula is C35H52N2O2Si2. The van der Waals surface area contributed by atoms with E-state index in [1.165, 1.54) is 38.8 Å². The Hall–Kier alpha value is -2.00. The smallest absolute Gasteiger partial charge is 0.192 e. The topological polar surface area (TPSA) is 34.6 Å². The maximum atomic E-state index is 7.17. The highest BCUT2D eigenvalue weighted by atomic mass is 28.4. The van der Waals surface area contributed by atoms with Gasteiger partial charge < -0.3 is 13.8 Å². The summed E-state index contributed by atoms with van der Waals surface area (Å²) in [5, 5.41) is 1.63. The number of benzene rings is 2. The minimum Gasteiger partial charge on any atom is -0.409 e. The summed E-state index contributed by atoms with van der Waals surface area (Å²) < 4.78 is 14.3. The Kier molecular flexibility index (Phi) is 8.12. The zero-order chi connectivity index (χ0) is 29.8. The van der Waals surface area contributed by atoms with E-state index in [4.69, 9.17) is 13.8 Å². The lowest BCUT2D eigenvalue weighted by molar-refractivity contribution is 0.0713. The van der Waals surface area contributed by atoms with Gasteiger partial charge in [0, 0.05) is 30.4 Å². The van der Waals surface area contributed by atoms with Crippen LogP contribution >= 0.6 is 0 Å². The third-order valence-electron chi connectivity index (χ3n) is 10.5. The maximum absolute atomic E-state index is 7.17. The minimum atomic E-state index is -1.99. The average molecular weight is 589 g/mol. The highest BCUT2D eigenvalue weighted by molar-refractivity contribution is 6.74. The average Bonchev–Trinajstić information content (AvgIpc) is 3.24. The molecule has 3 aromatic rings. The van der Waals surface area contributed by atoms with E-state index >= 15 is 0 Å². The molecule has 5 aliphatic rings. The highest BCUT2D eigenvalue weighted by Crippen LogP contribution is 2.43. The lowest BCUT2D eigenvalue weighted by Crippen LogP contribution is -2.51. The molecule has 2 aromatic carbocycles. The molecule has 0 amide bonds. The van der Waals surface area contributed by atoms with Crippen LogP contribution in [-0.4, -0.2) is 46.9 Å². The summed E-state index contributed by atoms with van der Waals surface area (Å²) in [6.07, 6.45) is 6.23. The Morgan fingerprint density at radius 3 is 1.61 bits per heavy atom. The van der Waals surface area contributed by atoms with E-state index in [0.717, 1.165) is 38.8 Å². The highest BCUT2D eigenvalue weighted by Gasteiger charge is 2.48. The van der Waals surface area contributed by atoms with Crippen molar-refractivity contribution < 1.29 is 8.85 Å². The van der Waals surface area contributed by atoms with Crippen molar-refractivity contribution in [2.24, 2.45) is 0 Å². The van der Waals surface area contributed by atoms with Gasteiger partial charge in [0.1, 0.15) is 0 Å². The maximum Gasteiger partial charge on any atom is 0.192 e. The quantitative estimate of drug-likeness (QED) is 0.279. The second kappa shape index (κ2) is 10.9. The number of aryl methyl sites for hydroxylation is 4. The first-order chi connectivity index (χ1) is 19.1. The molecule has 0 radical (unpaired) electrons. The predicted octanol–water partition coefficient (Wildman–Crippen LogP) is 8.72. The minimum absolute atomic E-state index is 0.0587. The molecule has 1 saturated heterocycles. The van der Waals surface area contributed by atoms with Gasteiger partial charge >= 0.3 is 0 Å². The molecule has 0 spiro atoms. The molecule has 6 heteroatoms. The van der Waals surface area contributed by atoms with E-state index < -0.39 is 16.6 Å². The Labute approximate surface area is 251 Å². The number of anilines is 1. The first kappa shape index (κ1) is 30.5. The fraction of sp³-hybridized carbons (Fsp3) is 0.571. The van der Waals surface area contributed by atoms with Crippen LogP contribution in [-0.2, 0) is 34.5 Å². The largest absolute Gasteiger partial charge is 0.409 e. The van der Waals surface area contributed by atoms with E-state index in [1.54, 1.807) is 0 Å². The summed E-state index contributed by atoms with van der Waals surface area (Å²) >= 11 is 0. The van der Waals surface area contributed by atoms with Crippen LogP contribution in [0.5, 0.6) is 0 Å². The van der Waals surface area contributed by atoms with Crippen molar-refractivity contribution in [2.75, 3.05) is 18.0 Å². The van der Waals surface area contributed by atoms with Gasteiger partial charge in [-0.2, -0.15) is 0 Å². The van der Waals surface area contributed by atoms with Crippen LogP contribution in [0.4, 0.5) is 5.69 Å². The molecule has 41 heavy (non-hydrogen) atoms. The molecule has 1 fully saturated rings. The molecule has 2 heterocycles.